The Kier molecular flexibility index (Phi) is 23.4. The van der Waals surface area contributed by atoms with Crippen LogP contribution in [0.5, 0.6) is 11.5 Å². The Balaban J connectivity index is -0.000000218. The lowest BCUT2D eigenvalue weighted by Crippen LogP contribution is -2.15. The number of hydrogen-bond acceptors (Lipinski definition) is 3. The van der Waals surface area contributed by atoms with E-state index < -0.39 is 0 Å². The number of benzene rings is 2. The molecule has 0 spiro atoms. The van der Waals surface area contributed by atoms with Gasteiger partial charge in [-0.25, -0.2) is 0 Å². The Morgan fingerprint density at radius 3 is 1.42 bits per heavy atom. The van der Waals surface area contributed by atoms with Crippen LogP contribution in [-0.2, 0) is 4.74 Å². The van der Waals surface area contributed by atoms with E-state index in [9.17, 15) is 0 Å². The molecule has 0 radical (unpaired) electrons. The van der Waals surface area contributed by atoms with E-state index in [1.807, 2.05) is 38.1 Å². The van der Waals surface area contributed by atoms with Gasteiger partial charge in [-0.3, -0.25) is 0 Å². The van der Waals surface area contributed by atoms with E-state index in [1.54, 1.807) is 12.1 Å². The zero-order valence-corrected chi connectivity index (χ0v) is 17.7. The fourth-order valence-electron chi connectivity index (χ4n) is 2.61. The predicted molar refractivity (Wildman–Crippen MR) is 141 cm³/mol. The largest absolute Gasteiger partial charge is 0.508 e. The highest BCUT2D eigenvalue weighted by atomic mass is 16.7. The lowest BCUT2D eigenvalue weighted by Gasteiger charge is -2.15. The lowest BCUT2D eigenvalue weighted by atomic mass is 9.99. The number of phenolic OH excluding ortho intramolecular Hbond substituents is 1. The SMILES string of the molecule is C.C.C.C.CCC(C)c1ccc(O)cc1.CCOC(C)Oc1ccc(C(C)CC)cc1. The maximum Gasteiger partial charge on any atom is 0.196 e. The van der Waals surface area contributed by atoms with Crippen LogP contribution < -0.4 is 4.74 Å². The summed E-state index contributed by atoms with van der Waals surface area (Å²) < 4.78 is 10.9. The molecule has 2 rings (SSSR count). The van der Waals surface area contributed by atoms with Crippen molar-refractivity contribution in [3.63, 3.8) is 0 Å². The van der Waals surface area contributed by atoms with Gasteiger partial charge in [0.25, 0.3) is 0 Å². The van der Waals surface area contributed by atoms with Crippen molar-refractivity contribution in [3.05, 3.63) is 59.7 Å². The molecule has 182 valence electrons. The van der Waals surface area contributed by atoms with Crippen molar-refractivity contribution < 1.29 is 14.6 Å². The van der Waals surface area contributed by atoms with Crippen molar-refractivity contribution in [2.45, 2.75) is 102 Å². The minimum atomic E-state index is -0.181. The molecule has 0 aliphatic carbocycles. The standard InChI is InChI=1S/C14H22O2.C10H14O.4CH4/c1-5-11(3)13-7-9-14(10-8-13)16-12(4)15-6-2;1-3-8(2)9-4-6-10(11)7-5-9;;;;/h7-12H,5-6H2,1-4H3;4-8,11H,3H2,1-2H3;4*1H4. The lowest BCUT2D eigenvalue weighted by molar-refractivity contribution is -0.0613. The van der Waals surface area contributed by atoms with Crippen molar-refractivity contribution in [1.82, 2.24) is 0 Å². The van der Waals surface area contributed by atoms with E-state index in [4.69, 9.17) is 14.6 Å². The summed E-state index contributed by atoms with van der Waals surface area (Å²) in [6.07, 6.45) is 2.12. The van der Waals surface area contributed by atoms with Crippen LogP contribution in [0.4, 0.5) is 0 Å². The van der Waals surface area contributed by atoms with Crippen LogP contribution >= 0.6 is 0 Å². The zero-order valence-electron chi connectivity index (χ0n) is 17.7. The second-order valence-corrected chi connectivity index (χ2v) is 6.92. The highest BCUT2D eigenvalue weighted by Gasteiger charge is 2.05. The first-order valence-corrected chi connectivity index (χ1v) is 10.1. The van der Waals surface area contributed by atoms with Crippen LogP contribution in [0, 0.1) is 0 Å². The molecule has 0 heterocycles. The van der Waals surface area contributed by atoms with Gasteiger partial charge in [-0.2, -0.15) is 0 Å². The molecule has 0 bridgehead atoms. The van der Waals surface area contributed by atoms with Gasteiger partial charge in [0, 0.05) is 6.61 Å². The molecule has 3 atom stereocenters. The molecular weight excluding hydrogens is 384 g/mol. The van der Waals surface area contributed by atoms with E-state index in [0.717, 1.165) is 18.6 Å². The summed E-state index contributed by atoms with van der Waals surface area (Å²) in [6, 6.07) is 15.7. The molecule has 0 fully saturated rings. The van der Waals surface area contributed by atoms with Gasteiger partial charge in [-0.05, 0) is 73.9 Å². The van der Waals surface area contributed by atoms with Gasteiger partial charge >= 0.3 is 0 Å². The normalized spacial score (nSPS) is 12.1. The summed E-state index contributed by atoms with van der Waals surface area (Å²) in [4.78, 5) is 0. The van der Waals surface area contributed by atoms with Gasteiger partial charge in [0.1, 0.15) is 11.5 Å². The van der Waals surface area contributed by atoms with Crippen molar-refractivity contribution in [2.24, 2.45) is 0 Å². The Hall–Kier alpha value is -2.00. The second kappa shape index (κ2) is 19.9. The van der Waals surface area contributed by atoms with Crippen molar-refractivity contribution in [3.8, 4) is 11.5 Å². The van der Waals surface area contributed by atoms with Crippen molar-refractivity contribution >= 4 is 0 Å². The molecule has 3 unspecified atom stereocenters. The average molecular weight is 437 g/mol. The van der Waals surface area contributed by atoms with Gasteiger partial charge in [0.05, 0.1) is 0 Å². The van der Waals surface area contributed by atoms with Gasteiger partial charge in [0.15, 0.2) is 6.29 Å². The Morgan fingerprint density at radius 1 is 0.677 bits per heavy atom. The third-order valence-electron chi connectivity index (χ3n) is 4.84. The summed E-state index contributed by atoms with van der Waals surface area (Å²) in [7, 11) is 0. The first-order valence-electron chi connectivity index (χ1n) is 10.1. The van der Waals surface area contributed by atoms with Crippen LogP contribution in [0.1, 0.15) is 107 Å². The van der Waals surface area contributed by atoms with Crippen molar-refractivity contribution in [2.75, 3.05) is 6.61 Å². The van der Waals surface area contributed by atoms with Crippen LogP contribution in [0.3, 0.4) is 0 Å². The molecule has 0 aliphatic heterocycles. The smallest absolute Gasteiger partial charge is 0.196 e. The number of rotatable bonds is 8. The van der Waals surface area contributed by atoms with Crippen LogP contribution in [-0.4, -0.2) is 18.0 Å². The molecular formula is C28H52O3. The Labute approximate surface area is 194 Å². The summed E-state index contributed by atoms with van der Waals surface area (Å²) in [6.45, 7) is 13.3. The van der Waals surface area contributed by atoms with Gasteiger partial charge in [-0.1, -0.05) is 81.7 Å². The molecule has 2 aromatic carbocycles. The van der Waals surface area contributed by atoms with Crippen LogP contribution in [0.25, 0.3) is 0 Å². The molecule has 0 saturated heterocycles. The number of hydrogen-bond donors (Lipinski definition) is 1. The fraction of sp³-hybridized carbons (Fsp3) is 0.571. The number of phenols is 1. The zero-order chi connectivity index (χ0) is 20.2. The fourth-order valence-corrected chi connectivity index (χ4v) is 2.61. The van der Waals surface area contributed by atoms with E-state index in [0.29, 0.717) is 24.2 Å². The monoisotopic (exact) mass is 436 g/mol. The number of ether oxygens (including phenoxy) is 2. The van der Waals surface area contributed by atoms with Crippen molar-refractivity contribution in [1.29, 1.82) is 0 Å². The van der Waals surface area contributed by atoms with Crippen LogP contribution in [0.15, 0.2) is 48.5 Å². The third-order valence-corrected chi connectivity index (χ3v) is 4.84. The Morgan fingerprint density at radius 2 is 1.06 bits per heavy atom. The van der Waals surface area contributed by atoms with Gasteiger partial charge in [0.2, 0.25) is 0 Å². The molecule has 3 nitrogen and oxygen atoms in total. The quantitative estimate of drug-likeness (QED) is 0.419. The third kappa shape index (κ3) is 13.8. The molecule has 0 aromatic heterocycles. The minimum Gasteiger partial charge on any atom is -0.508 e. The molecule has 1 N–H and O–H groups in total. The molecule has 3 heteroatoms. The summed E-state index contributed by atoms with van der Waals surface area (Å²) >= 11 is 0. The van der Waals surface area contributed by atoms with E-state index in [2.05, 4.69) is 39.8 Å². The molecule has 0 aliphatic rings. The summed E-state index contributed by atoms with van der Waals surface area (Å²) in [5.41, 5.74) is 2.66. The average Bonchev–Trinajstić information content (AvgIpc) is 2.68. The topological polar surface area (TPSA) is 38.7 Å². The molecule has 0 saturated carbocycles. The summed E-state index contributed by atoms with van der Waals surface area (Å²) in [5.74, 6) is 2.42. The predicted octanol–water partition coefficient (Wildman–Crippen LogP) is 9.41. The Bertz CT molecular complexity index is 620. The molecule has 2 aromatic rings. The summed E-state index contributed by atoms with van der Waals surface area (Å²) in [5, 5.41) is 9.01. The molecule has 31 heavy (non-hydrogen) atoms. The number of aromatic hydroxyl groups is 1. The molecule has 0 amide bonds. The maximum atomic E-state index is 9.01. The highest BCUT2D eigenvalue weighted by Crippen LogP contribution is 2.22. The first kappa shape index (κ1) is 36.4. The van der Waals surface area contributed by atoms with Crippen LogP contribution in [0.2, 0.25) is 0 Å². The highest BCUT2D eigenvalue weighted by molar-refractivity contribution is 5.29. The van der Waals surface area contributed by atoms with Gasteiger partial charge in [-0.15, -0.1) is 0 Å². The first-order chi connectivity index (χ1) is 12.9. The van der Waals surface area contributed by atoms with Gasteiger partial charge < -0.3 is 14.6 Å². The second-order valence-electron chi connectivity index (χ2n) is 6.92. The minimum absolute atomic E-state index is 0. The van der Waals surface area contributed by atoms with E-state index in [1.165, 1.54) is 11.1 Å². The maximum absolute atomic E-state index is 9.01. The van der Waals surface area contributed by atoms with E-state index in [-0.39, 0.29) is 36.0 Å². The van der Waals surface area contributed by atoms with E-state index >= 15 is 0 Å².